The average Bonchev–Trinajstić information content (AvgIpc) is 2.99. The van der Waals surface area contributed by atoms with E-state index in [1.807, 2.05) is 0 Å². The van der Waals surface area contributed by atoms with Crippen molar-refractivity contribution in [2.75, 3.05) is 19.6 Å². The minimum absolute atomic E-state index is 0.0362. The third kappa shape index (κ3) is 2.85. The molecule has 1 aromatic heterocycles. The van der Waals surface area contributed by atoms with E-state index < -0.39 is 22.7 Å². The van der Waals surface area contributed by atoms with Crippen LogP contribution in [0.15, 0.2) is 12.3 Å². The van der Waals surface area contributed by atoms with Crippen LogP contribution in [-0.2, 0) is 6.18 Å². The Balaban J connectivity index is 1.72. The van der Waals surface area contributed by atoms with E-state index in [1.165, 1.54) is 0 Å². The largest absolute Gasteiger partial charge is 0.419 e. The number of carbonyl (C=O) groups excluding carboxylic acids is 1. The monoisotopic (exact) mass is 319 g/mol. The second kappa shape index (κ2) is 5.14. The molecule has 1 N–H and O–H groups in total. The fraction of sp³-hybridized carbons (Fsp3) is 0.538. The standard InChI is InChI=1S/C13H13ClF3N3O/c14-9-3-10(18-4-8(9)13(15,16)17)12(21)19-11-6-20-2-1-7(11)5-20/h3-4,7,11H,1-2,5-6H2,(H,19,21). The lowest BCUT2D eigenvalue weighted by Gasteiger charge is -2.23. The molecule has 2 fully saturated rings. The summed E-state index contributed by atoms with van der Waals surface area (Å²) in [4.78, 5) is 17.9. The predicted octanol–water partition coefficient (Wildman–Crippen LogP) is 2.19. The third-order valence-electron chi connectivity index (χ3n) is 4.04. The molecule has 0 aliphatic carbocycles. The normalized spacial score (nSPS) is 27.9. The minimum atomic E-state index is -4.57. The third-order valence-corrected chi connectivity index (χ3v) is 4.35. The van der Waals surface area contributed by atoms with Gasteiger partial charge in [0.05, 0.1) is 10.6 Å². The van der Waals surface area contributed by atoms with Crippen LogP contribution in [0.2, 0.25) is 5.02 Å². The number of carbonyl (C=O) groups is 1. The summed E-state index contributed by atoms with van der Waals surface area (Å²) in [7, 11) is 0. The molecular weight excluding hydrogens is 307 g/mol. The number of nitrogens with one attached hydrogen (secondary N) is 1. The lowest BCUT2D eigenvalue weighted by Crippen LogP contribution is -2.43. The molecule has 8 heteroatoms. The summed E-state index contributed by atoms with van der Waals surface area (Å²) in [5.74, 6) is -0.0664. The van der Waals surface area contributed by atoms with Crippen molar-refractivity contribution < 1.29 is 18.0 Å². The van der Waals surface area contributed by atoms with Crippen molar-refractivity contribution in [3.63, 3.8) is 0 Å². The van der Waals surface area contributed by atoms with Crippen molar-refractivity contribution >= 4 is 17.5 Å². The van der Waals surface area contributed by atoms with Gasteiger partial charge in [-0.1, -0.05) is 11.6 Å². The van der Waals surface area contributed by atoms with E-state index in [9.17, 15) is 18.0 Å². The maximum atomic E-state index is 12.6. The highest BCUT2D eigenvalue weighted by Crippen LogP contribution is 2.34. The first-order valence-electron chi connectivity index (χ1n) is 6.60. The zero-order valence-electron chi connectivity index (χ0n) is 11.0. The molecule has 3 unspecified atom stereocenters. The SMILES string of the molecule is O=C(NC1CN2CCC1C2)c1cc(Cl)c(C(F)(F)F)cn1. The van der Waals surface area contributed by atoms with E-state index in [-0.39, 0.29) is 11.7 Å². The van der Waals surface area contributed by atoms with E-state index >= 15 is 0 Å². The number of aromatic nitrogens is 1. The summed E-state index contributed by atoms with van der Waals surface area (Å²) < 4.78 is 37.7. The predicted molar refractivity (Wildman–Crippen MR) is 70.1 cm³/mol. The molecule has 3 rings (SSSR count). The summed E-state index contributed by atoms with van der Waals surface area (Å²) in [5, 5.41) is 2.31. The van der Waals surface area contributed by atoms with Crippen LogP contribution in [-0.4, -0.2) is 41.5 Å². The van der Waals surface area contributed by atoms with Crippen molar-refractivity contribution in [1.82, 2.24) is 15.2 Å². The molecule has 0 radical (unpaired) electrons. The maximum Gasteiger partial charge on any atom is 0.419 e. The van der Waals surface area contributed by atoms with Gasteiger partial charge in [-0.05, 0) is 24.9 Å². The second-order valence-electron chi connectivity index (χ2n) is 5.44. The van der Waals surface area contributed by atoms with E-state index in [0.29, 0.717) is 12.1 Å². The molecule has 3 atom stereocenters. The van der Waals surface area contributed by atoms with Gasteiger partial charge < -0.3 is 10.2 Å². The summed E-state index contributed by atoms with van der Waals surface area (Å²) in [5.41, 5.74) is -1.13. The first-order valence-corrected chi connectivity index (χ1v) is 6.98. The Kier molecular flexibility index (Phi) is 3.57. The summed E-state index contributed by atoms with van der Waals surface area (Å²) in [6.45, 7) is 2.79. The van der Waals surface area contributed by atoms with Gasteiger partial charge in [0.25, 0.3) is 5.91 Å². The van der Waals surface area contributed by atoms with Gasteiger partial charge in [-0.15, -0.1) is 0 Å². The summed E-state index contributed by atoms with van der Waals surface area (Å²) >= 11 is 5.59. The molecular formula is C13H13ClF3N3O. The van der Waals surface area contributed by atoms with Crippen molar-refractivity contribution in [2.45, 2.75) is 18.6 Å². The molecule has 1 amide bonds. The van der Waals surface area contributed by atoms with Crippen molar-refractivity contribution in [3.8, 4) is 0 Å². The van der Waals surface area contributed by atoms with E-state index in [4.69, 9.17) is 11.6 Å². The zero-order valence-corrected chi connectivity index (χ0v) is 11.7. The van der Waals surface area contributed by atoms with Gasteiger partial charge in [-0.2, -0.15) is 13.2 Å². The topological polar surface area (TPSA) is 45.2 Å². The van der Waals surface area contributed by atoms with Gasteiger partial charge in [0, 0.05) is 25.3 Å². The van der Waals surface area contributed by atoms with E-state index in [2.05, 4.69) is 15.2 Å². The first-order chi connectivity index (χ1) is 9.84. The molecule has 114 valence electrons. The fourth-order valence-electron chi connectivity index (χ4n) is 2.95. The number of nitrogens with zero attached hydrogens (tertiary/aromatic N) is 2. The Labute approximate surface area is 124 Å². The van der Waals surface area contributed by atoms with Crippen LogP contribution in [0, 0.1) is 5.92 Å². The number of hydrogen-bond donors (Lipinski definition) is 1. The maximum absolute atomic E-state index is 12.6. The highest BCUT2D eigenvalue weighted by Gasteiger charge is 2.39. The fourth-order valence-corrected chi connectivity index (χ4v) is 3.21. The molecule has 0 spiro atoms. The van der Waals surface area contributed by atoms with Crippen molar-refractivity contribution in [3.05, 3.63) is 28.5 Å². The van der Waals surface area contributed by atoms with Crippen LogP contribution in [0.4, 0.5) is 13.2 Å². The van der Waals surface area contributed by atoms with E-state index in [0.717, 1.165) is 32.1 Å². The van der Waals surface area contributed by atoms with Crippen LogP contribution in [0.3, 0.4) is 0 Å². The number of amides is 1. The lowest BCUT2D eigenvalue weighted by molar-refractivity contribution is -0.137. The highest BCUT2D eigenvalue weighted by molar-refractivity contribution is 6.31. The number of pyridine rings is 1. The smallest absolute Gasteiger partial charge is 0.346 e. The zero-order chi connectivity index (χ0) is 15.2. The quantitative estimate of drug-likeness (QED) is 0.909. The Bertz CT molecular complexity index is 578. The lowest BCUT2D eigenvalue weighted by atomic mass is 10.00. The summed E-state index contributed by atoms with van der Waals surface area (Å²) in [6, 6.07) is 1.00. The first kappa shape index (κ1) is 14.6. The molecule has 1 aromatic rings. The number of halogens is 4. The molecule has 2 aliphatic rings. The number of alkyl halides is 3. The van der Waals surface area contributed by atoms with Crippen LogP contribution in [0.25, 0.3) is 0 Å². The molecule has 21 heavy (non-hydrogen) atoms. The van der Waals surface area contributed by atoms with Gasteiger partial charge >= 0.3 is 6.18 Å². The Morgan fingerprint density at radius 1 is 1.43 bits per heavy atom. The number of hydrogen-bond acceptors (Lipinski definition) is 3. The van der Waals surface area contributed by atoms with Gasteiger partial charge in [-0.25, -0.2) is 0 Å². The Morgan fingerprint density at radius 2 is 2.19 bits per heavy atom. The van der Waals surface area contributed by atoms with Crippen LogP contribution in [0.1, 0.15) is 22.5 Å². The molecule has 4 nitrogen and oxygen atoms in total. The highest BCUT2D eigenvalue weighted by atomic mass is 35.5. The van der Waals surface area contributed by atoms with E-state index in [1.54, 1.807) is 0 Å². The van der Waals surface area contributed by atoms with Gasteiger partial charge in [0.15, 0.2) is 0 Å². The van der Waals surface area contributed by atoms with Crippen molar-refractivity contribution in [2.24, 2.45) is 5.92 Å². The Hall–Kier alpha value is -1.34. The van der Waals surface area contributed by atoms with Gasteiger partial charge in [0.2, 0.25) is 0 Å². The average molecular weight is 320 g/mol. The number of piperidine rings is 1. The molecule has 2 bridgehead atoms. The van der Waals surface area contributed by atoms with Gasteiger partial charge in [-0.3, -0.25) is 9.78 Å². The van der Waals surface area contributed by atoms with Crippen LogP contribution < -0.4 is 5.32 Å². The van der Waals surface area contributed by atoms with Gasteiger partial charge in [0.1, 0.15) is 5.69 Å². The number of rotatable bonds is 2. The Morgan fingerprint density at radius 3 is 2.71 bits per heavy atom. The molecule has 2 saturated heterocycles. The minimum Gasteiger partial charge on any atom is -0.346 e. The van der Waals surface area contributed by atoms with Crippen molar-refractivity contribution in [1.29, 1.82) is 0 Å². The number of fused-ring (bicyclic) bond motifs is 2. The molecule has 0 aromatic carbocycles. The molecule has 0 saturated carbocycles. The summed E-state index contributed by atoms with van der Waals surface area (Å²) in [6.07, 6.45) is -2.94. The molecule has 2 aliphatic heterocycles. The van der Waals surface area contributed by atoms with Crippen LogP contribution in [0.5, 0.6) is 0 Å². The molecule has 3 heterocycles. The second-order valence-corrected chi connectivity index (χ2v) is 5.84. The van der Waals surface area contributed by atoms with Crippen LogP contribution >= 0.6 is 11.6 Å².